The first-order valence-corrected chi connectivity index (χ1v) is 11.7. The number of benzene rings is 1. The highest BCUT2D eigenvalue weighted by molar-refractivity contribution is 8.03. The molecule has 7 nitrogen and oxygen atoms in total. The predicted molar refractivity (Wildman–Crippen MR) is 127 cm³/mol. The normalized spacial score (nSPS) is 15.6. The molecule has 1 aliphatic heterocycles. The second-order valence-corrected chi connectivity index (χ2v) is 8.88. The Hall–Kier alpha value is -3.06. The standard InChI is InChI=1S/C22H19ClN4O3S2/c1-3-9-30-21(29)18-13(2)26-20(32-12-17(28)27-22-25-8-10-31-22)16(11-24)19(18)14-4-6-15(23)7-5-14/h3-8,10,19,26H,1,9,12H2,2H3,(H,25,27,28)/t19-/m0/s1. The van der Waals surface area contributed by atoms with Crippen molar-refractivity contribution in [3.8, 4) is 6.07 Å². The summed E-state index contributed by atoms with van der Waals surface area (Å²) in [6.07, 6.45) is 3.08. The van der Waals surface area contributed by atoms with Crippen LogP contribution in [0.3, 0.4) is 0 Å². The quantitative estimate of drug-likeness (QED) is 0.415. The lowest BCUT2D eigenvalue weighted by molar-refractivity contribution is -0.138. The van der Waals surface area contributed by atoms with Crippen LogP contribution >= 0.6 is 34.7 Å². The highest BCUT2D eigenvalue weighted by Crippen LogP contribution is 2.41. The van der Waals surface area contributed by atoms with Crippen molar-refractivity contribution in [2.75, 3.05) is 17.7 Å². The summed E-state index contributed by atoms with van der Waals surface area (Å²) in [4.78, 5) is 29.2. The van der Waals surface area contributed by atoms with E-state index in [-0.39, 0.29) is 18.3 Å². The number of nitrogens with zero attached hydrogens (tertiary/aromatic N) is 2. The first kappa shape index (κ1) is 23.6. The van der Waals surface area contributed by atoms with Crippen molar-refractivity contribution in [2.45, 2.75) is 12.8 Å². The number of carbonyl (C=O) groups is 2. The third-order valence-corrected chi connectivity index (χ3v) is 6.39. The number of ether oxygens (including phenoxy) is 1. The summed E-state index contributed by atoms with van der Waals surface area (Å²) in [5.74, 6) is -1.41. The van der Waals surface area contributed by atoms with Crippen molar-refractivity contribution in [3.63, 3.8) is 0 Å². The van der Waals surface area contributed by atoms with Crippen LogP contribution in [0.1, 0.15) is 18.4 Å². The van der Waals surface area contributed by atoms with Gasteiger partial charge in [-0.2, -0.15) is 5.26 Å². The highest BCUT2D eigenvalue weighted by Gasteiger charge is 2.35. The molecule has 2 aromatic rings. The summed E-state index contributed by atoms with van der Waals surface area (Å²) < 4.78 is 5.27. The maximum atomic E-state index is 12.8. The molecule has 0 radical (unpaired) electrons. The van der Waals surface area contributed by atoms with E-state index in [2.05, 4.69) is 28.3 Å². The van der Waals surface area contributed by atoms with Crippen molar-refractivity contribution < 1.29 is 14.3 Å². The molecule has 0 saturated heterocycles. The Balaban J connectivity index is 1.92. The van der Waals surface area contributed by atoms with E-state index in [1.54, 1.807) is 42.8 Å². The molecule has 0 saturated carbocycles. The second-order valence-electron chi connectivity index (χ2n) is 6.56. The van der Waals surface area contributed by atoms with Crippen LogP contribution < -0.4 is 10.6 Å². The molecular weight excluding hydrogens is 468 g/mol. The molecule has 1 aromatic heterocycles. The molecule has 1 aromatic carbocycles. The predicted octanol–water partition coefficient (Wildman–Crippen LogP) is 4.59. The Morgan fingerprint density at radius 3 is 2.81 bits per heavy atom. The van der Waals surface area contributed by atoms with E-state index in [9.17, 15) is 14.9 Å². The number of nitriles is 1. The van der Waals surface area contributed by atoms with Crippen LogP contribution in [0.4, 0.5) is 5.13 Å². The molecule has 1 atom stereocenters. The number of hydrogen-bond donors (Lipinski definition) is 2. The zero-order valence-electron chi connectivity index (χ0n) is 17.1. The van der Waals surface area contributed by atoms with Crippen LogP contribution in [-0.2, 0) is 14.3 Å². The van der Waals surface area contributed by atoms with Gasteiger partial charge in [-0.25, -0.2) is 9.78 Å². The second kappa shape index (κ2) is 11.0. The van der Waals surface area contributed by atoms with Gasteiger partial charge in [0.2, 0.25) is 5.91 Å². The maximum absolute atomic E-state index is 12.8. The Morgan fingerprint density at radius 1 is 1.44 bits per heavy atom. The number of thioether (sulfide) groups is 1. The smallest absolute Gasteiger partial charge is 0.337 e. The molecule has 2 N–H and O–H groups in total. The van der Waals surface area contributed by atoms with Crippen LogP contribution in [0.25, 0.3) is 0 Å². The van der Waals surface area contributed by atoms with Crippen LogP contribution in [0.2, 0.25) is 5.02 Å². The average Bonchev–Trinajstić information content (AvgIpc) is 3.29. The number of esters is 1. The van der Waals surface area contributed by atoms with Crippen LogP contribution in [0.5, 0.6) is 0 Å². The average molecular weight is 487 g/mol. The topological polar surface area (TPSA) is 104 Å². The van der Waals surface area contributed by atoms with Gasteiger partial charge in [-0.3, -0.25) is 4.79 Å². The third-order valence-electron chi connectivity index (χ3n) is 4.43. The van der Waals surface area contributed by atoms with E-state index < -0.39 is 11.9 Å². The number of rotatable bonds is 8. The lowest BCUT2D eigenvalue weighted by atomic mass is 9.82. The van der Waals surface area contributed by atoms with Crippen molar-refractivity contribution in [2.24, 2.45) is 0 Å². The lowest BCUT2D eigenvalue weighted by Crippen LogP contribution is -2.29. The van der Waals surface area contributed by atoms with Crippen molar-refractivity contribution in [1.82, 2.24) is 10.3 Å². The van der Waals surface area contributed by atoms with Crippen molar-refractivity contribution >= 4 is 51.7 Å². The lowest BCUT2D eigenvalue weighted by Gasteiger charge is -2.29. The van der Waals surface area contributed by atoms with E-state index in [4.69, 9.17) is 16.3 Å². The molecule has 0 fully saturated rings. The summed E-state index contributed by atoms with van der Waals surface area (Å²) in [7, 11) is 0. The molecule has 1 aliphatic rings. The van der Waals surface area contributed by atoms with E-state index in [0.717, 1.165) is 0 Å². The third kappa shape index (κ3) is 5.59. The molecule has 164 valence electrons. The Morgan fingerprint density at radius 2 is 2.19 bits per heavy atom. The summed E-state index contributed by atoms with van der Waals surface area (Å²) in [6, 6.07) is 9.13. The maximum Gasteiger partial charge on any atom is 0.337 e. The van der Waals surface area contributed by atoms with Crippen molar-refractivity contribution in [3.05, 3.63) is 81.0 Å². The molecule has 0 bridgehead atoms. The molecule has 10 heteroatoms. The number of halogens is 1. The van der Waals surface area contributed by atoms with Gasteiger partial charge in [0.05, 0.1) is 33.9 Å². The first-order valence-electron chi connectivity index (χ1n) is 9.42. The number of dihydropyridines is 1. The van der Waals surface area contributed by atoms with Gasteiger partial charge < -0.3 is 15.4 Å². The number of anilines is 1. The largest absolute Gasteiger partial charge is 0.458 e. The molecule has 3 rings (SSSR count). The number of aromatic nitrogens is 1. The first-order chi connectivity index (χ1) is 15.4. The van der Waals surface area contributed by atoms with Crippen LogP contribution in [-0.4, -0.2) is 29.2 Å². The van der Waals surface area contributed by atoms with Gasteiger partial charge in [0.25, 0.3) is 0 Å². The van der Waals surface area contributed by atoms with Gasteiger partial charge in [-0.1, -0.05) is 48.2 Å². The number of allylic oxidation sites excluding steroid dienone is 2. The zero-order chi connectivity index (χ0) is 23.1. The fraction of sp³-hybridized carbons (Fsp3) is 0.182. The van der Waals surface area contributed by atoms with Gasteiger partial charge in [0.15, 0.2) is 5.13 Å². The van der Waals surface area contributed by atoms with E-state index >= 15 is 0 Å². The molecular formula is C22H19ClN4O3S2. The molecule has 0 unspecified atom stereocenters. The molecule has 2 heterocycles. The SMILES string of the molecule is C=CCOC(=O)C1=C(C)NC(SCC(=O)Nc2nccs2)=C(C#N)[C@@H]1c1ccc(Cl)cc1. The van der Waals surface area contributed by atoms with E-state index in [0.29, 0.717) is 37.6 Å². The summed E-state index contributed by atoms with van der Waals surface area (Å²) in [5.41, 5.74) is 1.89. The number of amides is 1. The molecule has 0 spiro atoms. The minimum absolute atomic E-state index is 0.0487. The van der Waals surface area contributed by atoms with Gasteiger partial charge in [0.1, 0.15) is 6.61 Å². The van der Waals surface area contributed by atoms with Gasteiger partial charge in [-0.15, -0.1) is 11.3 Å². The summed E-state index contributed by atoms with van der Waals surface area (Å²) >= 11 is 8.53. The fourth-order valence-corrected chi connectivity index (χ4v) is 4.64. The summed E-state index contributed by atoms with van der Waals surface area (Å²) in [6.45, 7) is 5.35. The van der Waals surface area contributed by atoms with Crippen LogP contribution in [0.15, 0.2) is 70.4 Å². The number of nitrogens with one attached hydrogen (secondary N) is 2. The molecule has 1 amide bonds. The Bertz CT molecular complexity index is 1120. The minimum Gasteiger partial charge on any atom is -0.458 e. The number of thiazole rings is 1. The minimum atomic E-state index is -0.666. The van der Waals surface area contributed by atoms with E-state index in [1.165, 1.54) is 29.2 Å². The number of hydrogen-bond acceptors (Lipinski definition) is 8. The Labute approximate surface area is 198 Å². The zero-order valence-corrected chi connectivity index (χ0v) is 19.4. The Kier molecular flexibility index (Phi) is 8.11. The van der Waals surface area contributed by atoms with Gasteiger partial charge in [-0.05, 0) is 24.6 Å². The van der Waals surface area contributed by atoms with Crippen LogP contribution in [0, 0.1) is 11.3 Å². The highest BCUT2D eigenvalue weighted by atomic mass is 35.5. The van der Waals surface area contributed by atoms with Gasteiger partial charge >= 0.3 is 5.97 Å². The number of carbonyl (C=O) groups excluding carboxylic acids is 2. The van der Waals surface area contributed by atoms with Gasteiger partial charge in [0, 0.05) is 22.3 Å². The summed E-state index contributed by atoms with van der Waals surface area (Å²) in [5, 5.41) is 19.1. The van der Waals surface area contributed by atoms with Crippen molar-refractivity contribution in [1.29, 1.82) is 5.26 Å². The molecule has 32 heavy (non-hydrogen) atoms. The monoisotopic (exact) mass is 486 g/mol. The fourth-order valence-electron chi connectivity index (χ4n) is 3.08. The van der Waals surface area contributed by atoms with E-state index in [1.807, 2.05) is 0 Å². The molecule has 0 aliphatic carbocycles.